The lowest BCUT2D eigenvalue weighted by Gasteiger charge is -2.01. The molecule has 0 bridgehead atoms. The molecule has 3 aromatic heterocycles. The molecule has 23 heavy (non-hydrogen) atoms. The molecule has 0 saturated heterocycles. The second-order valence-electron chi connectivity index (χ2n) is 4.86. The summed E-state index contributed by atoms with van der Waals surface area (Å²) in [5.41, 5.74) is 1.71. The number of anilines is 1. The van der Waals surface area contributed by atoms with Crippen LogP contribution in [-0.2, 0) is 16.4 Å². The number of rotatable bonds is 5. The van der Waals surface area contributed by atoms with Crippen molar-refractivity contribution in [1.29, 1.82) is 0 Å². The molecule has 120 valence electrons. The van der Waals surface area contributed by atoms with Gasteiger partial charge in [-0.2, -0.15) is 0 Å². The van der Waals surface area contributed by atoms with E-state index < -0.39 is 10.0 Å². The normalized spacial score (nSPS) is 11.6. The van der Waals surface area contributed by atoms with E-state index in [-0.39, 0.29) is 0 Å². The SMILES string of the molecule is CCc1ccc(S(=O)(=O)Nc2nc(C)c(-c3cccnc3)s2)s1. The predicted molar refractivity (Wildman–Crippen MR) is 94.6 cm³/mol. The van der Waals surface area contributed by atoms with Gasteiger partial charge in [0, 0.05) is 22.8 Å². The Morgan fingerprint density at radius 1 is 1.22 bits per heavy atom. The molecule has 3 heterocycles. The Labute approximate surface area is 143 Å². The van der Waals surface area contributed by atoms with Gasteiger partial charge in [-0.1, -0.05) is 24.3 Å². The number of hydrogen-bond acceptors (Lipinski definition) is 6. The molecule has 0 unspecified atom stereocenters. The Morgan fingerprint density at radius 2 is 2.04 bits per heavy atom. The largest absolute Gasteiger partial charge is 0.273 e. The Balaban J connectivity index is 1.89. The Morgan fingerprint density at radius 3 is 2.70 bits per heavy atom. The Bertz CT molecular complexity index is 915. The first-order chi connectivity index (χ1) is 11.0. The first-order valence-corrected chi connectivity index (χ1v) is 10.1. The maximum Gasteiger partial charge on any atom is 0.273 e. The van der Waals surface area contributed by atoms with Crippen molar-refractivity contribution in [3.8, 4) is 10.4 Å². The van der Waals surface area contributed by atoms with Gasteiger partial charge in [-0.3, -0.25) is 9.71 Å². The van der Waals surface area contributed by atoms with Gasteiger partial charge in [0.2, 0.25) is 0 Å². The molecule has 3 aromatic rings. The first-order valence-electron chi connectivity index (χ1n) is 6.99. The molecule has 0 atom stereocenters. The van der Waals surface area contributed by atoms with Crippen LogP contribution in [0.25, 0.3) is 10.4 Å². The standard InChI is InChI=1S/C15H15N3O2S3/c1-3-12-6-7-13(21-12)23(19,20)18-15-17-10(2)14(22-15)11-5-4-8-16-9-11/h4-9H,3H2,1-2H3,(H,17,18). The Kier molecular flexibility index (Phi) is 4.47. The molecule has 0 fully saturated rings. The summed E-state index contributed by atoms with van der Waals surface area (Å²) in [5, 5.41) is 0.368. The van der Waals surface area contributed by atoms with Crippen LogP contribution in [0.5, 0.6) is 0 Å². The van der Waals surface area contributed by atoms with E-state index in [1.54, 1.807) is 18.5 Å². The first kappa shape index (κ1) is 16.1. The van der Waals surface area contributed by atoms with Gasteiger partial charge in [0.05, 0.1) is 10.6 Å². The third kappa shape index (κ3) is 3.44. The molecule has 0 aromatic carbocycles. The molecule has 0 aliphatic heterocycles. The molecule has 0 aliphatic rings. The summed E-state index contributed by atoms with van der Waals surface area (Å²) in [7, 11) is -3.59. The zero-order valence-electron chi connectivity index (χ0n) is 12.6. The summed E-state index contributed by atoms with van der Waals surface area (Å²) in [6.07, 6.45) is 4.26. The van der Waals surface area contributed by atoms with Crippen LogP contribution in [0.4, 0.5) is 5.13 Å². The molecule has 0 saturated carbocycles. The molecule has 5 nitrogen and oxygen atoms in total. The van der Waals surface area contributed by atoms with E-state index >= 15 is 0 Å². The van der Waals surface area contributed by atoms with Gasteiger partial charge >= 0.3 is 0 Å². The minimum atomic E-state index is -3.59. The van der Waals surface area contributed by atoms with Crippen LogP contribution in [0.2, 0.25) is 0 Å². The lowest BCUT2D eigenvalue weighted by atomic mass is 10.2. The molecule has 0 aliphatic carbocycles. The van der Waals surface area contributed by atoms with Crippen LogP contribution in [0.15, 0.2) is 40.9 Å². The number of pyridine rings is 1. The number of thiophene rings is 1. The van der Waals surface area contributed by atoms with Gasteiger partial charge in [0.1, 0.15) is 4.21 Å². The average molecular weight is 366 g/mol. The van der Waals surface area contributed by atoms with Crippen molar-refractivity contribution in [3.63, 3.8) is 0 Å². The van der Waals surface area contributed by atoms with Gasteiger partial charge in [-0.05, 0) is 31.5 Å². The number of aryl methyl sites for hydroxylation is 2. The topological polar surface area (TPSA) is 72.0 Å². The summed E-state index contributed by atoms with van der Waals surface area (Å²) >= 11 is 2.59. The van der Waals surface area contributed by atoms with E-state index in [0.717, 1.165) is 27.4 Å². The number of sulfonamides is 1. The number of hydrogen-bond donors (Lipinski definition) is 1. The minimum Gasteiger partial charge on any atom is -0.264 e. The van der Waals surface area contributed by atoms with E-state index in [4.69, 9.17) is 0 Å². The highest BCUT2D eigenvalue weighted by Gasteiger charge is 2.20. The zero-order valence-corrected chi connectivity index (χ0v) is 15.1. The van der Waals surface area contributed by atoms with Crippen LogP contribution in [-0.4, -0.2) is 18.4 Å². The van der Waals surface area contributed by atoms with E-state index in [0.29, 0.717) is 9.34 Å². The summed E-state index contributed by atoms with van der Waals surface area (Å²) in [4.78, 5) is 10.4. The van der Waals surface area contributed by atoms with Crippen LogP contribution in [0.3, 0.4) is 0 Å². The van der Waals surface area contributed by atoms with Crippen LogP contribution >= 0.6 is 22.7 Å². The van der Waals surface area contributed by atoms with Crippen molar-refractivity contribution in [2.45, 2.75) is 24.5 Å². The molecule has 1 N–H and O–H groups in total. The van der Waals surface area contributed by atoms with Crippen molar-refractivity contribution in [1.82, 2.24) is 9.97 Å². The van der Waals surface area contributed by atoms with E-state index in [1.807, 2.05) is 32.0 Å². The number of nitrogens with zero attached hydrogens (tertiary/aromatic N) is 2. The maximum absolute atomic E-state index is 12.4. The number of aromatic nitrogens is 2. The number of nitrogens with one attached hydrogen (secondary N) is 1. The molecular formula is C15H15N3O2S3. The van der Waals surface area contributed by atoms with Gasteiger partial charge in [0.25, 0.3) is 10.0 Å². The summed E-state index contributed by atoms with van der Waals surface area (Å²) in [6.45, 7) is 3.86. The quantitative estimate of drug-likeness (QED) is 0.743. The summed E-state index contributed by atoms with van der Waals surface area (Å²) in [5.74, 6) is 0. The van der Waals surface area contributed by atoms with Crippen molar-refractivity contribution < 1.29 is 8.42 Å². The molecule has 0 spiro atoms. The zero-order chi connectivity index (χ0) is 16.4. The second-order valence-corrected chi connectivity index (χ2v) is 8.93. The van der Waals surface area contributed by atoms with E-state index in [2.05, 4.69) is 14.7 Å². The highest BCUT2D eigenvalue weighted by atomic mass is 32.2. The summed E-state index contributed by atoms with van der Waals surface area (Å²) < 4.78 is 27.8. The fraction of sp³-hybridized carbons (Fsp3) is 0.200. The van der Waals surface area contributed by atoms with Gasteiger partial charge < -0.3 is 0 Å². The average Bonchev–Trinajstić information content (AvgIpc) is 3.15. The second kappa shape index (κ2) is 6.38. The van der Waals surface area contributed by atoms with Crippen molar-refractivity contribution in [2.24, 2.45) is 0 Å². The molecule has 8 heteroatoms. The maximum atomic E-state index is 12.4. The van der Waals surface area contributed by atoms with Gasteiger partial charge in [-0.25, -0.2) is 13.4 Å². The fourth-order valence-electron chi connectivity index (χ4n) is 2.06. The smallest absolute Gasteiger partial charge is 0.264 e. The van der Waals surface area contributed by atoms with Gasteiger partial charge in [-0.15, -0.1) is 11.3 Å². The van der Waals surface area contributed by atoms with Crippen LogP contribution in [0.1, 0.15) is 17.5 Å². The predicted octanol–water partition coefficient (Wildman–Crippen LogP) is 3.94. The van der Waals surface area contributed by atoms with Crippen molar-refractivity contribution in [2.75, 3.05) is 4.72 Å². The molecule has 0 amide bonds. The molecule has 3 rings (SSSR count). The number of thiazole rings is 1. The van der Waals surface area contributed by atoms with Crippen LogP contribution in [0, 0.1) is 6.92 Å². The lowest BCUT2D eigenvalue weighted by molar-refractivity contribution is 0.603. The fourth-order valence-corrected chi connectivity index (χ4v) is 5.55. The highest BCUT2D eigenvalue weighted by Crippen LogP contribution is 2.33. The third-order valence-corrected chi connectivity index (χ3v) is 7.50. The minimum absolute atomic E-state index is 0.310. The van der Waals surface area contributed by atoms with E-state index in [1.165, 1.54) is 22.7 Å². The molecular weight excluding hydrogens is 350 g/mol. The third-order valence-electron chi connectivity index (χ3n) is 3.19. The van der Waals surface area contributed by atoms with Gasteiger partial charge in [0.15, 0.2) is 5.13 Å². The monoisotopic (exact) mass is 365 g/mol. The Hall–Kier alpha value is -1.77. The van der Waals surface area contributed by atoms with Crippen molar-refractivity contribution in [3.05, 3.63) is 47.2 Å². The highest BCUT2D eigenvalue weighted by molar-refractivity contribution is 7.94. The molecule has 0 radical (unpaired) electrons. The summed E-state index contributed by atoms with van der Waals surface area (Å²) in [6, 6.07) is 7.25. The van der Waals surface area contributed by atoms with Crippen molar-refractivity contribution >= 4 is 37.8 Å². The lowest BCUT2D eigenvalue weighted by Crippen LogP contribution is -2.11. The van der Waals surface area contributed by atoms with E-state index in [9.17, 15) is 8.42 Å². The van der Waals surface area contributed by atoms with Crippen LogP contribution < -0.4 is 4.72 Å².